The van der Waals surface area contributed by atoms with Gasteiger partial charge in [0.05, 0.1) is 25.3 Å². The van der Waals surface area contributed by atoms with Crippen molar-refractivity contribution in [3.8, 4) is 40.3 Å². The summed E-state index contributed by atoms with van der Waals surface area (Å²) in [6.07, 6.45) is 0.647. The second-order valence-electron chi connectivity index (χ2n) is 8.03. The summed E-state index contributed by atoms with van der Waals surface area (Å²) >= 11 is 0. The van der Waals surface area contributed by atoms with Gasteiger partial charge in [-0.1, -0.05) is 18.2 Å². The summed E-state index contributed by atoms with van der Waals surface area (Å²) in [4.78, 5) is 14.2. The third-order valence-electron chi connectivity index (χ3n) is 6.06. The SMILES string of the molecule is COc1cccc(-c2nc3c(c(N4CCN(C)CC4)n2)Cc2cccc(OC)c2O3)c1O. The van der Waals surface area contributed by atoms with Crippen molar-refractivity contribution < 1.29 is 19.3 Å². The van der Waals surface area contributed by atoms with Crippen LogP contribution in [0, 0.1) is 0 Å². The number of nitrogens with zero attached hydrogens (tertiary/aromatic N) is 4. The van der Waals surface area contributed by atoms with Crippen molar-refractivity contribution in [2.24, 2.45) is 0 Å². The number of hydrogen-bond donors (Lipinski definition) is 1. The monoisotopic (exact) mass is 434 g/mol. The van der Waals surface area contributed by atoms with E-state index < -0.39 is 0 Å². The minimum Gasteiger partial charge on any atom is -0.504 e. The molecule has 5 rings (SSSR count). The normalized spacial score (nSPS) is 15.5. The number of anilines is 1. The highest BCUT2D eigenvalue weighted by Gasteiger charge is 2.30. The number of aromatic hydroxyl groups is 1. The maximum atomic E-state index is 10.7. The molecule has 0 amide bonds. The molecule has 2 aliphatic rings. The summed E-state index contributed by atoms with van der Waals surface area (Å²) < 4.78 is 17.1. The molecule has 3 heterocycles. The summed E-state index contributed by atoms with van der Waals surface area (Å²) in [5.74, 6) is 3.44. The fourth-order valence-corrected chi connectivity index (χ4v) is 4.22. The van der Waals surface area contributed by atoms with Crippen molar-refractivity contribution in [1.82, 2.24) is 14.9 Å². The quantitative estimate of drug-likeness (QED) is 0.524. The van der Waals surface area contributed by atoms with Crippen LogP contribution in [0.2, 0.25) is 0 Å². The number of phenols is 1. The van der Waals surface area contributed by atoms with Gasteiger partial charge in [-0.2, -0.15) is 4.98 Å². The summed E-state index contributed by atoms with van der Waals surface area (Å²) in [6, 6.07) is 11.2. The van der Waals surface area contributed by atoms with Gasteiger partial charge in [-0.15, -0.1) is 0 Å². The smallest absolute Gasteiger partial charge is 0.228 e. The molecule has 0 bridgehead atoms. The minimum absolute atomic E-state index is 0.00747. The standard InChI is InChI=1S/C24H26N4O4/c1-27-10-12-28(13-11-27)23-17-14-15-6-4-9-19(31-3)21(15)32-24(17)26-22(25-23)16-7-5-8-18(30-2)20(16)29/h4-9,29H,10-14H2,1-3H3. The molecule has 0 unspecified atom stereocenters. The van der Waals surface area contributed by atoms with Gasteiger partial charge in [0.1, 0.15) is 5.82 Å². The van der Waals surface area contributed by atoms with Crippen molar-refractivity contribution in [1.29, 1.82) is 0 Å². The van der Waals surface area contributed by atoms with Crippen LogP contribution in [-0.4, -0.2) is 67.4 Å². The Balaban J connectivity index is 1.66. The van der Waals surface area contributed by atoms with Gasteiger partial charge in [0.25, 0.3) is 0 Å². The van der Waals surface area contributed by atoms with Gasteiger partial charge in [-0.05, 0) is 25.2 Å². The van der Waals surface area contributed by atoms with Crippen molar-refractivity contribution in [2.45, 2.75) is 6.42 Å². The molecule has 8 nitrogen and oxygen atoms in total. The predicted molar refractivity (Wildman–Crippen MR) is 121 cm³/mol. The summed E-state index contributed by atoms with van der Waals surface area (Å²) in [7, 11) is 5.27. The number of ether oxygens (including phenoxy) is 3. The van der Waals surface area contributed by atoms with Gasteiger partial charge < -0.3 is 29.1 Å². The molecule has 2 aliphatic heterocycles. The van der Waals surface area contributed by atoms with Crippen molar-refractivity contribution in [3.05, 3.63) is 47.5 Å². The summed E-state index contributed by atoms with van der Waals surface area (Å²) in [5.41, 5.74) is 2.48. The largest absolute Gasteiger partial charge is 0.504 e. The maximum absolute atomic E-state index is 10.7. The molecule has 0 atom stereocenters. The summed E-state index contributed by atoms with van der Waals surface area (Å²) in [5, 5.41) is 10.7. The van der Waals surface area contributed by atoms with Gasteiger partial charge in [-0.3, -0.25) is 0 Å². The number of benzene rings is 2. The van der Waals surface area contributed by atoms with Crippen molar-refractivity contribution in [2.75, 3.05) is 52.3 Å². The first-order valence-corrected chi connectivity index (χ1v) is 10.6. The first-order chi connectivity index (χ1) is 15.6. The molecule has 32 heavy (non-hydrogen) atoms. The van der Waals surface area contributed by atoms with Gasteiger partial charge >= 0.3 is 0 Å². The van der Waals surface area contributed by atoms with Crippen LogP contribution in [0.25, 0.3) is 11.4 Å². The molecule has 0 aliphatic carbocycles. The Morgan fingerprint density at radius 1 is 0.938 bits per heavy atom. The van der Waals surface area contributed by atoms with Gasteiger partial charge in [0.15, 0.2) is 28.8 Å². The van der Waals surface area contributed by atoms with Crippen LogP contribution in [0.3, 0.4) is 0 Å². The highest BCUT2D eigenvalue weighted by molar-refractivity contribution is 5.72. The average molecular weight is 434 g/mol. The van der Waals surface area contributed by atoms with E-state index in [1.54, 1.807) is 19.2 Å². The molecule has 0 spiro atoms. The lowest BCUT2D eigenvalue weighted by Crippen LogP contribution is -2.45. The Morgan fingerprint density at radius 2 is 1.66 bits per heavy atom. The zero-order chi connectivity index (χ0) is 22.2. The number of piperazine rings is 1. The zero-order valence-electron chi connectivity index (χ0n) is 18.5. The van der Waals surface area contributed by atoms with E-state index >= 15 is 0 Å². The van der Waals surface area contributed by atoms with E-state index in [4.69, 9.17) is 24.2 Å². The number of para-hydroxylation sites is 2. The molecule has 3 aromatic rings. The number of fused-ring (bicyclic) bond motifs is 2. The second kappa shape index (κ2) is 8.20. The van der Waals surface area contributed by atoms with Crippen LogP contribution < -0.4 is 19.1 Å². The van der Waals surface area contributed by atoms with Gasteiger partial charge in [-0.25, -0.2) is 4.98 Å². The Labute approximate surface area is 187 Å². The third kappa shape index (κ3) is 3.46. The molecule has 8 heteroatoms. The lowest BCUT2D eigenvalue weighted by molar-refractivity contribution is 0.311. The van der Waals surface area contributed by atoms with Gasteiger partial charge in [0, 0.05) is 38.2 Å². The number of hydrogen-bond acceptors (Lipinski definition) is 8. The Hall–Kier alpha value is -3.52. The van der Waals surface area contributed by atoms with Crippen LogP contribution in [0.4, 0.5) is 5.82 Å². The Kier molecular flexibility index (Phi) is 5.22. The number of likely N-dealkylation sites (N-methyl/N-ethyl adjacent to an activating group) is 1. The Morgan fingerprint density at radius 3 is 2.41 bits per heavy atom. The zero-order valence-corrected chi connectivity index (χ0v) is 18.5. The van der Waals surface area contributed by atoms with E-state index in [9.17, 15) is 5.11 Å². The molecule has 1 N–H and O–H groups in total. The fraction of sp³-hybridized carbons (Fsp3) is 0.333. The third-order valence-corrected chi connectivity index (χ3v) is 6.06. The molecule has 0 saturated carbocycles. The highest BCUT2D eigenvalue weighted by atomic mass is 16.5. The summed E-state index contributed by atoms with van der Waals surface area (Å²) in [6.45, 7) is 3.61. The first-order valence-electron chi connectivity index (χ1n) is 10.6. The molecular weight excluding hydrogens is 408 g/mol. The van der Waals surface area contributed by atoms with Crippen LogP contribution in [0.1, 0.15) is 11.1 Å². The molecule has 1 aromatic heterocycles. The van der Waals surface area contributed by atoms with Crippen LogP contribution in [0.15, 0.2) is 36.4 Å². The lowest BCUT2D eigenvalue weighted by atomic mass is 10.0. The highest BCUT2D eigenvalue weighted by Crippen LogP contribution is 2.45. The molecule has 2 aromatic carbocycles. The number of rotatable bonds is 4. The van der Waals surface area contributed by atoms with E-state index in [1.807, 2.05) is 24.3 Å². The first kappa shape index (κ1) is 20.4. The van der Waals surface area contributed by atoms with E-state index in [2.05, 4.69) is 16.8 Å². The Bertz CT molecular complexity index is 1160. The lowest BCUT2D eigenvalue weighted by Gasteiger charge is -2.35. The van der Waals surface area contributed by atoms with Crippen molar-refractivity contribution in [3.63, 3.8) is 0 Å². The fourth-order valence-electron chi connectivity index (χ4n) is 4.22. The minimum atomic E-state index is 0.00747. The maximum Gasteiger partial charge on any atom is 0.228 e. The second-order valence-corrected chi connectivity index (χ2v) is 8.03. The van der Waals surface area contributed by atoms with Crippen LogP contribution >= 0.6 is 0 Å². The van der Waals surface area contributed by atoms with E-state index in [-0.39, 0.29) is 5.75 Å². The molecule has 166 valence electrons. The molecule has 0 radical (unpaired) electrons. The number of phenolic OH excluding ortho intramolecular Hbond substituents is 1. The molecule has 1 saturated heterocycles. The predicted octanol–water partition coefficient (Wildman–Crippen LogP) is 3.31. The van der Waals surface area contributed by atoms with E-state index in [1.165, 1.54) is 7.11 Å². The molecule has 1 fully saturated rings. The topological polar surface area (TPSA) is 80.2 Å². The van der Waals surface area contributed by atoms with Crippen LogP contribution in [0.5, 0.6) is 28.9 Å². The van der Waals surface area contributed by atoms with Crippen LogP contribution in [-0.2, 0) is 6.42 Å². The van der Waals surface area contributed by atoms with E-state index in [0.717, 1.165) is 43.1 Å². The molecular formula is C24H26N4O4. The number of methoxy groups -OCH3 is 2. The average Bonchev–Trinajstić information content (AvgIpc) is 2.82. The number of aromatic nitrogens is 2. The van der Waals surface area contributed by atoms with Crippen molar-refractivity contribution >= 4 is 5.82 Å². The van der Waals surface area contributed by atoms with Gasteiger partial charge in [0.2, 0.25) is 5.88 Å². The van der Waals surface area contributed by atoms with E-state index in [0.29, 0.717) is 40.9 Å².